The number of rotatable bonds is 9. The lowest BCUT2D eigenvalue weighted by Gasteiger charge is -2.10. The van der Waals surface area contributed by atoms with Crippen LogP contribution in [0.4, 0.5) is 11.6 Å². The lowest BCUT2D eigenvalue weighted by molar-refractivity contribution is 0.221. The van der Waals surface area contributed by atoms with Gasteiger partial charge in [-0.3, -0.25) is 4.18 Å². The maximum absolute atomic E-state index is 12.2. The highest BCUT2D eigenvalue weighted by atomic mass is 32.2. The van der Waals surface area contributed by atoms with Gasteiger partial charge in [-0.25, -0.2) is 9.97 Å². The molecular formula is C24H20N4O4S2. The van der Waals surface area contributed by atoms with Gasteiger partial charge in [-0.15, -0.1) is 11.3 Å². The molecule has 4 rings (SSSR count). The van der Waals surface area contributed by atoms with Gasteiger partial charge in [0, 0.05) is 5.69 Å². The van der Waals surface area contributed by atoms with Gasteiger partial charge in [0.2, 0.25) is 5.95 Å². The van der Waals surface area contributed by atoms with Crippen LogP contribution in [0.1, 0.15) is 11.1 Å². The highest BCUT2D eigenvalue weighted by Gasteiger charge is 2.15. The van der Waals surface area contributed by atoms with Gasteiger partial charge in [0.25, 0.3) is 10.1 Å². The van der Waals surface area contributed by atoms with E-state index in [9.17, 15) is 13.7 Å². The summed E-state index contributed by atoms with van der Waals surface area (Å²) in [7, 11) is -3.82. The van der Waals surface area contributed by atoms with E-state index >= 15 is 0 Å². The van der Waals surface area contributed by atoms with E-state index in [1.54, 1.807) is 36.4 Å². The number of nitriles is 1. The van der Waals surface area contributed by atoms with Crippen molar-refractivity contribution in [3.05, 3.63) is 83.4 Å². The third-order valence-electron chi connectivity index (χ3n) is 4.67. The van der Waals surface area contributed by atoms with Crippen LogP contribution in [0.3, 0.4) is 0 Å². The third kappa shape index (κ3) is 5.77. The fourth-order valence-corrected chi connectivity index (χ4v) is 4.59. The van der Waals surface area contributed by atoms with Crippen LogP contribution in [0.5, 0.6) is 5.75 Å². The van der Waals surface area contributed by atoms with Crippen molar-refractivity contribution in [2.24, 2.45) is 0 Å². The van der Waals surface area contributed by atoms with E-state index in [0.717, 1.165) is 16.1 Å². The zero-order chi connectivity index (χ0) is 24.0. The number of nitrogens with zero attached hydrogens (tertiary/aromatic N) is 3. The van der Waals surface area contributed by atoms with Gasteiger partial charge in [-0.1, -0.05) is 23.8 Å². The molecule has 0 aliphatic rings. The molecule has 0 saturated carbocycles. The van der Waals surface area contributed by atoms with E-state index in [1.807, 2.05) is 24.4 Å². The predicted molar refractivity (Wildman–Crippen MR) is 130 cm³/mol. The van der Waals surface area contributed by atoms with E-state index in [4.69, 9.17) is 8.92 Å². The summed E-state index contributed by atoms with van der Waals surface area (Å²) < 4.78 is 35.0. The first kappa shape index (κ1) is 23.4. The molecule has 4 aromatic rings. The van der Waals surface area contributed by atoms with Crippen LogP contribution >= 0.6 is 11.3 Å². The van der Waals surface area contributed by atoms with Crippen LogP contribution in [-0.2, 0) is 14.3 Å². The molecule has 34 heavy (non-hydrogen) atoms. The van der Waals surface area contributed by atoms with Crippen molar-refractivity contribution in [1.82, 2.24) is 9.97 Å². The number of nitrogens with one attached hydrogen (secondary N) is 1. The second-order valence-corrected chi connectivity index (χ2v) is 9.70. The van der Waals surface area contributed by atoms with Crippen molar-refractivity contribution in [2.45, 2.75) is 11.8 Å². The Morgan fingerprint density at radius 2 is 1.82 bits per heavy atom. The number of aryl methyl sites for hydroxylation is 1. The molecule has 0 fully saturated rings. The van der Waals surface area contributed by atoms with Gasteiger partial charge in [0.1, 0.15) is 30.7 Å². The van der Waals surface area contributed by atoms with Crippen LogP contribution in [0.2, 0.25) is 0 Å². The Kier molecular flexibility index (Phi) is 7.18. The summed E-state index contributed by atoms with van der Waals surface area (Å²) in [6.07, 6.45) is 1.49. The molecule has 0 bridgehead atoms. The minimum Gasteiger partial charge on any atom is -0.491 e. The predicted octanol–water partition coefficient (Wildman–Crippen LogP) is 4.91. The van der Waals surface area contributed by atoms with E-state index in [1.165, 1.54) is 29.7 Å². The molecule has 2 aromatic carbocycles. The summed E-state index contributed by atoms with van der Waals surface area (Å²) in [6, 6.07) is 19.4. The summed E-state index contributed by atoms with van der Waals surface area (Å²) >= 11 is 1.50. The van der Waals surface area contributed by atoms with Crippen LogP contribution in [-0.4, -0.2) is 31.6 Å². The lowest BCUT2D eigenvalue weighted by Crippen LogP contribution is -2.13. The molecule has 0 saturated heterocycles. The second kappa shape index (κ2) is 10.4. The van der Waals surface area contributed by atoms with Gasteiger partial charge < -0.3 is 10.1 Å². The number of hydrogen-bond donors (Lipinski definition) is 1. The van der Waals surface area contributed by atoms with Crippen molar-refractivity contribution in [3.8, 4) is 22.4 Å². The van der Waals surface area contributed by atoms with E-state index in [-0.39, 0.29) is 18.1 Å². The van der Waals surface area contributed by atoms with Crippen molar-refractivity contribution in [3.63, 3.8) is 0 Å². The standard InChI is InChI=1S/C24H20N4O4S2/c1-17-4-10-21(11-5-17)34(29,30)32-13-12-31-20-8-6-19(7-9-20)27-24-26-16-18(15-25)23(28-24)22-3-2-14-33-22/h2-11,14,16H,12-13H2,1H3,(H,26,27,28). The number of thiophene rings is 1. The van der Waals surface area contributed by atoms with Crippen molar-refractivity contribution >= 4 is 33.1 Å². The normalized spacial score (nSPS) is 11.1. The SMILES string of the molecule is Cc1ccc(S(=O)(=O)OCCOc2ccc(Nc3ncc(C#N)c(-c4cccs4)n3)cc2)cc1. The molecule has 172 valence electrons. The zero-order valence-corrected chi connectivity index (χ0v) is 19.8. The number of anilines is 2. The Balaban J connectivity index is 1.32. The van der Waals surface area contributed by atoms with Crippen LogP contribution in [0.25, 0.3) is 10.6 Å². The molecule has 0 unspecified atom stereocenters. The Labute approximate surface area is 201 Å². The minimum absolute atomic E-state index is 0.0702. The molecule has 10 heteroatoms. The fourth-order valence-electron chi connectivity index (χ4n) is 2.96. The van der Waals surface area contributed by atoms with E-state index in [0.29, 0.717) is 23.0 Å². The van der Waals surface area contributed by atoms with Gasteiger partial charge in [-0.2, -0.15) is 13.7 Å². The van der Waals surface area contributed by atoms with E-state index in [2.05, 4.69) is 21.4 Å². The van der Waals surface area contributed by atoms with Crippen LogP contribution in [0, 0.1) is 18.3 Å². The molecule has 2 aromatic heterocycles. The Bertz CT molecular complexity index is 1400. The summed E-state index contributed by atoms with van der Waals surface area (Å²) in [5.41, 5.74) is 2.68. The summed E-state index contributed by atoms with van der Waals surface area (Å²) in [6.45, 7) is 1.84. The quantitative estimate of drug-likeness (QED) is 0.259. The number of benzene rings is 2. The molecule has 2 heterocycles. The number of hydrogen-bond acceptors (Lipinski definition) is 9. The van der Waals surface area contributed by atoms with Gasteiger partial charge >= 0.3 is 0 Å². The molecular weight excluding hydrogens is 472 g/mol. The van der Waals surface area contributed by atoms with Crippen molar-refractivity contribution in [1.29, 1.82) is 5.26 Å². The number of ether oxygens (including phenoxy) is 1. The molecule has 0 amide bonds. The first-order chi connectivity index (χ1) is 16.4. The highest BCUT2D eigenvalue weighted by Crippen LogP contribution is 2.27. The fraction of sp³-hybridized carbons (Fsp3) is 0.125. The maximum Gasteiger partial charge on any atom is 0.297 e. The van der Waals surface area contributed by atoms with Crippen LogP contribution in [0.15, 0.2) is 77.1 Å². The molecule has 0 aliphatic heterocycles. The number of aromatic nitrogens is 2. The largest absolute Gasteiger partial charge is 0.491 e. The summed E-state index contributed by atoms with van der Waals surface area (Å²) in [5, 5.41) is 14.4. The summed E-state index contributed by atoms with van der Waals surface area (Å²) in [5.74, 6) is 0.924. The lowest BCUT2D eigenvalue weighted by atomic mass is 10.2. The van der Waals surface area contributed by atoms with Crippen molar-refractivity contribution in [2.75, 3.05) is 18.5 Å². The molecule has 0 atom stereocenters. The summed E-state index contributed by atoms with van der Waals surface area (Å²) in [4.78, 5) is 9.68. The average Bonchev–Trinajstić information content (AvgIpc) is 3.38. The molecule has 0 aliphatic carbocycles. The second-order valence-electron chi connectivity index (χ2n) is 7.13. The maximum atomic E-state index is 12.2. The highest BCUT2D eigenvalue weighted by molar-refractivity contribution is 7.86. The molecule has 0 radical (unpaired) electrons. The van der Waals surface area contributed by atoms with Gasteiger partial charge in [0.05, 0.1) is 21.5 Å². The minimum atomic E-state index is -3.82. The average molecular weight is 493 g/mol. The Morgan fingerprint density at radius 3 is 2.50 bits per heavy atom. The monoisotopic (exact) mass is 492 g/mol. The Morgan fingerprint density at radius 1 is 1.06 bits per heavy atom. The van der Waals surface area contributed by atoms with E-state index < -0.39 is 10.1 Å². The molecule has 8 nitrogen and oxygen atoms in total. The first-order valence-corrected chi connectivity index (χ1v) is 12.5. The molecule has 0 spiro atoms. The smallest absolute Gasteiger partial charge is 0.297 e. The van der Waals surface area contributed by atoms with Gasteiger partial charge in [0.15, 0.2) is 0 Å². The zero-order valence-electron chi connectivity index (χ0n) is 18.1. The molecule has 1 N–H and O–H groups in total. The van der Waals surface area contributed by atoms with Crippen molar-refractivity contribution < 1.29 is 17.3 Å². The topological polar surface area (TPSA) is 114 Å². The van der Waals surface area contributed by atoms with Crippen LogP contribution < -0.4 is 10.1 Å². The Hall–Kier alpha value is -3.78. The first-order valence-electron chi connectivity index (χ1n) is 10.2. The third-order valence-corrected chi connectivity index (χ3v) is 6.88. The van der Waals surface area contributed by atoms with Gasteiger partial charge in [-0.05, 0) is 54.8 Å².